The zero-order valence-electron chi connectivity index (χ0n) is 10.9. The number of nitrogens with zero attached hydrogens (tertiary/aromatic N) is 2. The Morgan fingerprint density at radius 2 is 2.39 bits per heavy atom. The van der Waals surface area contributed by atoms with Crippen LogP contribution in [-0.2, 0) is 9.59 Å². The van der Waals surface area contributed by atoms with Crippen molar-refractivity contribution in [3.8, 4) is 0 Å². The molecule has 1 unspecified atom stereocenters. The molecule has 0 aromatic rings. The van der Waals surface area contributed by atoms with Crippen LogP contribution in [0.15, 0.2) is 0 Å². The Hall–Kier alpha value is -0.750. The highest BCUT2D eigenvalue weighted by Gasteiger charge is 2.28. The van der Waals surface area contributed by atoms with Crippen molar-refractivity contribution in [3.63, 3.8) is 0 Å². The molecule has 2 heterocycles. The van der Waals surface area contributed by atoms with E-state index in [0.717, 1.165) is 26.1 Å². The maximum Gasteiger partial charge on any atom is 0.242 e. The fourth-order valence-corrected chi connectivity index (χ4v) is 3.45. The van der Waals surface area contributed by atoms with Crippen molar-refractivity contribution in [2.75, 3.05) is 44.9 Å². The molecular formula is C12H21N3O2S. The van der Waals surface area contributed by atoms with Gasteiger partial charge in [0.15, 0.2) is 0 Å². The van der Waals surface area contributed by atoms with Crippen molar-refractivity contribution in [3.05, 3.63) is 0 Å². The third-order valence-corrected chi connectivity index (χ3v) is 4.46. The first-order valence-electron chi connectivity index (χ1n) is 6.48. The van der Waals surface area contributed by atoms with Gasteiger partial charge in [-0.25, -0.2) is 0 Å². The minimum absolute atomic E-state index is 0.0946. The summed E-state index contributed by atoms with van der Waals surface area (Å²) in [4.78, 5) is 27.2. The standard InChI is InChI=1S/C12H21N3O2S/c1-13-5-10-3-2-4-14(6-10)11(16)7-15-9-18-8-12(15)17/h10,13H,2-9H2,1H3. The zero-order valence-corrected chi connectivity index (χ0v) is 11.7. The lowest BCUT2D eigenvalue weighted by Crippen LogP contribution is -2.46. The number of carbonyl (C=O) groups is 2. The molecule has 2 rings (SSSR count). The number of hydrogen-bond donors (Lipinski definition) is 1. The Morgan fingerprint density at radius 3 is 3.06 bits per heavy atom. The number of rotatable bonds is 4. The van der Waals surface area contributed by atoms with E-state index in [9.17, 15) is 9.59 Å². The summed E-state index contributed by atoms with van der Waals surface area (Å²) in [7, 11) is 1.95. The summed E-state index contributed by atoms with van der Waals surface area (Å²) in [5, 5.41) is 3.17. The number of nitrogens with one attached hydrogen (secondary N) is 1. The Morgan fingerprint density at radius 1 is 1.56 bits per heavy atom. The van der Waals surface area contributed by atoms with Gasteiger partial charge in [0.2, 0.25) is 11.8 Å². The van der Waals surface area contributed by atoms with Gasteiger partial charge in [-0.15, -0.1) is 11.8 Å². The second-order valence-electron chi connectivity index (χ2n) is 4.97. The van der Waals surface area contributed by atoms with Crippen molar-refractivity contribution < 1.29 is 9.59 Å². The van der Waals surface area contributed by atoms with Crippen molar-refractivity contribution in [1.29, 1.82) is 0 Å². The van der Waals surface area contributed by atoms with Gasteiger partial charge in [0.1, 0.15) is 6.54 Å². The molecule has 2 aliphatic rings. The summed E-state index contributed by atoms with van der Waals surface area (Å²) in [6, 6.07) is 0. The highest BCUT2D eigenvalue weighted by Crippen LogP contribution is 2.18. The van der Waals surface area contributed by atoms with Crippen LogP contribution in [0.5, 0.6) is 0 Å². The highest BCUT2D eigenvalue weighted by atomic mass is 32.2. The normalized spacial score (nSPS) is 24.7. The molecule has 2 amide bonds. The number of hydrogen-bond acceptors (Lipinski definition) is 4. The molecule has 102 valence electrons. The maximum atomic E-state index is 12.2. The van der Waals surface area contributed by atoms with E-state index in [1.807, 2.05) is 11.9 Å². The number of carbonyl (C=O) groups excluding carboxylic acids is 2. The first-order chi connectivity index (χ1) is 8.70. The Balaban J connectivity index is 1.82. The first-order valence-corrected chi connectivity index (χ1v) is 7.64. The zero-order chi connectivity index (χ0) is 13.0. The van der Waals surface area contributed by atoms with Crippen LogP contribution in [0, 0.1) is 5.92 Å². The van der Waals surface area contributed by atoms with Crippen LogP contribution in [0.3, 0.4) is 0 Å². The molecule has 2 fully saturated rings. The quantitative estimate of drug-likeness (QED) is 0.780. The molecule has 0 aliphatic carbocycles. The van der Waals surface area contributed by atoms with Gasteiger partial charge in [-0.2, -0.15) is 0 Å². The molecule has 5 nitrogen and oxygen atoms in total. The lowest BCUT2D eigenvalue weighted by Gasteiger charge is -2.33. The minimum atomic E-state index is 0.0946. The van der Waals surface area contributed by atoms with E-state index in [-0.39, 0.29) is 18.4 Å². The monoisotopic (exact) mass is 271 g/mol. The average molecular weight is 271 g/mol. The van der Waals surface area contributed by atoms with Gasteiger partial charge in [-0.05, 0) is 32.4 Å². The van der Waals surface area contributed by atoms with Gasteiger partial charge in [-0.1, -0.05) is 0 Å². The lowest BCUT2D eigenvalue weighted by molar-refractivity contribution is -0.139. The van der Waals surface area contributed by atoms with Crippen LogP contribution in [0.4, 0.5) is 0 Å². The second kappa shape index (κ2) is 6.43. The number of likely N-dealkylation sites (tertiary alicyclic amines) is 1. The predicted molar refractivity (Wildman–Crippen MR) is 72.3 cm³/mol. The molecule has 1 N–H and O–H groups in total. The summed E-state index contributed by atoms with van der Waals surface area (Å²) in [6.45, 7) is 2.89. The molecule has 18 heavy (non-hydrogen) atoms. The lowest BCUT2D eigenvalue weighted by atomic mass is 9.98. The number of amides is 2. The fraction of sp³-hybridized carbons (Fsp3) is 0.833. The van der Waals surface area contributed by atoms with Crippen LogP contribution in [-0.4, -0.2) is 66.5 Å². The van der Waals surface area contributed by atoms with Crippen molar-refractivity contribution in [1.82, 2.24) is 15.1 Å². The third kappa shape index (κ3) is 3.38. The summed E-state index contributed by atoms with van der Waals surface area (Å²) in [5.74, 6) is 1.94. The second-order valence-corrected chi connectivity index (χ2v) is 5.93. The first kappa shape index (κ1) is 13.7. The van der Waals surface area contributed by atoms with Gasteiger partial charge >= 0.3 is 0 Å². The Kier molecular flexibility index (Phi) is 4.88. The molecule has 0 aromatic heterocycles. The summed E-state index contributed by atoms with van der Waals surface area (Å²) >= 11 is 1.58. The molecule has 0 radical (unpaired) electrons. The van der Waals surface area contributed by atoms with Crippen LogP contribution in [0.25, 0.3) is 0 Å². The smallest absolute Gasteiger partial charge is 0.242 e. The topological polar surface area (TPSA) is 52.7 Å². The van der Waals surface area contributed by atoms with Gasteiger partial charge in [0.05, 0.1) is 11.6 Å². The van der Waals surface area contributed by atoms with E-state index >= 15 is 0 Å². The highest BCUT2D eigenvalue weighted by molar-refractivity contribution is 8.00. The van der Waals surface area contributed by atoms with Crippen LogP contribution in [0.2, 0.25) is 0 Å². The molecule has 0 bridgehead atoms. The maximum absolute atomic E-state index is 12.2. The summed E-state index contributed by atoms with van der Waals surface area (Å²) < 4.78 is 0. The van der Waals surface area contributed by atoms with Crippen molar-refractivity contribution in [2.45, 2.75) is 12.8 Å². The van der Waals surface area contributed by atoms with Gasteiger partial charge in [-0.3, -0.25) is 9.59 Å². The van der Waals surface area contributed by atoms with Crippen LogP contribution >= 0.6 is 11.8 Å². The minimum Gasteiger partial charge on any atom is -0.341 e. The van der Waals surface area contributed by atoms with E-state index in [1.165, 1.54) is 6.42 Å². The van der Waals surface area contributed by atoms with E-state index in [2.05, 4.69) is 5.32 Å². The van der Waals surface area contributed by atoms with Crippen LogP contribution in [0.1, 0.15) is 12.8 Å². The molecule has 0 saturated carbocycles. The van der Waals surface area contributed by atoms with E-state index in [4.69, 9.17) is 0 Å². The van der Waals surface area contributed by atoms with E-state index < -0.39 is 0 Å². The molecule has 2 saturated heterocycles. The fourth-order valence-electron chi connectivity index (χ4n) is 2.55. The molecule has 1 atom stereocenters. The summed E-state index contributed by atoms with van der Waals surface area (Å²) in [5.41, 5.74) is 0. The number of thioether (sulfide) groups is 1. The van der Waals surface area contributed by atoms with Gasteiger partial charge in [0.25, 0.3) is 0 Å². The average Bonchev–Trinajstić information content (AvgIpc) is 2.76. The molecule has 2 aliphatic heterocycles. The van der Waals surface area contributed by atoms with Crippen molar-refractivity contribution in [2.24, 2.45) is 5.92 Å². The number of piperidine rings is 1. The van der Waals surface area contributed by atoms with Gasteiger partial charge < -0.3 is 15.1 Å². The molecular weight excluding hydrogens is 250 g/mol. The van der Waals surface area contributed by atoms with Gasteiger partial charge in [0, 0.05) is 13.1 Å². The summed E-state index contributed by atoms with van der Waals surface area (Å²) in [6.07, 6.45) is 2.25. The molecule has 0 aromatic carbocycles. The predicted octanol–water partition coefficient (Wildman–Crippen LogP) is -0.0227. The molecule has 0 spiro atoms. The van der Waals surface area contributed by atoms with Crippen LogP contribution < -0.4 is 5.32 Å². The van der Waals surface area contributed by atoms with E-state index in [1.54, 1.807) is 16.7 Å². The third-order valence-electron chi connectivity index (χ3n) is 3.52. The Bertz CT molecular complexity index is 322. The van der Waals surface area contributed by atoms with Crippen molar-refractivity contribution >= 4 is 23.6 Å². The van der Waals surface area contributed by atoms with E-state index in [0.29, 0.717) is 17.5 Å². The largest absolute Gasteiger partial charge is 0.341 e. The SMILES string of the molecule is CNCC1CCCN(C(=O)CN2CSCC2=O)C1. The molecule has 6 heteroatoms. The Labute approximate surface area is 112 Å².